The Kier molecular flexibility index (Phi) is 5.40. The maximum absolute atomic E-state index is 12.2. The number of para-hydroxylation sites is 1. The van der Waals surface area contributed by atoms with Crippen molar-refractivity contribution in [2.45, 2.75) is 4.90 Å². The van der Waals surface area contributed by atoms with Gasteiger partial charge in [-0.3, -0.25) is 4.55 Å². The van der Waals surface area contributed by atoms with Gasteiger partial charge in [0.15, 0.2) is 0 Å². The first kappa shape index (κ1) is 20.7. The fourth-order valence-corrected chi connectivity index (χ4v) is 7.52. The van der Waals surface area contributed by atoms with E-state index in [0.29, 0.717) is 5.30 Å². The molecule has 0 radical (unpaired) electrons. The summed E-state index contributed by atoms with van der Waals surface area (Å²) in [5.41, 5.74) is 1.68. The summed E-state index contributed by atoms with van der Waals surface area (Å²) >= 11 is 0. The van der Waals surface area contributed by atoms with Gasteiger partial charge >= 0.3 is 0 Å². The molecule has 158 valence electrons. The van der Waals surface area contributed by atoms with Crippen LogP contribution >= 0.6 is 7.92 Å². The number of fused-ring (bicyclic) bond motifs is 1. The van der Waals surface area contributed by atoms with Crippen molar-refractivity contribution in [1.82, 2.24) is 0 Å². The molecular weight excluding hydrogens is 439 g/mol. The van der Waals surface area contributed by atoms with Gasteiger partial charge < -0.3 is 4.42 Å². The molecule has 4 aromatic carbocycles. The maximum atomic E-state index is 12.2. The molecule has 0 bridgehead atoms. The van der Waals surface area contributed by atoms with E-state index in [1.165, 1.54) is 6.07 Å². The summed E-state index contributed by atoms with van der Waals surface area (Å²) < 4.78 is 40.6. The molecular formula is C26H19O4PS. The van der Waals surface area contributed by atoms with E-state index in [4.69, 9.17) is 4.42 Å². The molecule has 5 rings (SSSR count). The van der Waals surface area contributed by atoms with Gasteiger partial charge in [0.05, 0.1) is 0 Å². The van der Waals surface area contributed by atoms with Gasteiger partial charge in [-0.2, -0.15) is 8.42 Å². The van der Waals surface area contributed by atoms with Gasteiger partial charge in [-0.1, -0.05) is 91.0 Å². The fraction of sp³-hybridized carbons (Fsp3) is 0. The van der Waals surface area contributed by atoms with Gasteiger partial charge in [0.2, 0.25) is 0 Å². The Morgan fingerprint density at radius 2 is 1.31 bits per heavy atom. The lowest BCUT2D eigenvalue weighted by Gasteiger charge is -2.23. The Morgan fingerprint density at radius 3 is 2.06 bits per heavy atom. The van der Waals surface area contributed by atoms with Crippen molar-refractivity contribution in [3.05, 3.63) is 109 Å². The van der Waals surface area contributed by atoms with Crippen molar-refractivity contribution in [1.29, 1.82) is 0 Å². The van der Waals surface area contributed by atoms with Crippen molar-refractivity contribution in [3.8, 4) is 11.3 Å². The fourth-order valence-electron chi connectivity index (χ4n) is 3.84. The van der Waals surface area contributed by atoms with Gasteiger partial charge in [0.1, 0.15) is 16.2 Å². The average Bonchev–Trinajstić information content (AvgIpc) is 3.24. The van der Waals surface area contributed by atoms with E-state index < -0.39 is 18.0 Å². The summed E-state index contributed by atoms with van der Waals surface area (Å²) in [4.78, 5) is -0.0747. The molecule has 4 nitrogen and oxygen atoms in total. The third kappa shape index (κ3) is 3.87. The van der Waals surface area contributed by atoms with Gasteiger partial charge in [0, 0.05) is 16.3 Å². The molecule has 32 heavy (non-hydrogen) atoms. The molecule has 0 aliphatic carbocycles. The van der Waals surface area contributed by atoms with E-state index in [1.54, 1.807) is 18.2 Å². The minimum absolute atomic E-state index is 0.0747. The molecule has 6 heteroatoms. The number of hydrogen-bond donors (Lipinski definition) is 1. The molecule has 1 N–H and O–H groups in total. The molecule has 0 saturated carbocycles. The summed E-state index contributed by atoms with van der Waals surface area (Å²) in [5, 5.41) is 3.49. The van der Waals surface area contributed by atoms with Crippen LogP contribution in [0.3, 0.4) is 0 Å². The lowest BCUT2D eigenvalue weighted by Crippen LogP contribution is -2.25. The summed E-state index contributed by atoms with van der Waals surface area (Å²) in [6.45, 7) is 0. The van der Waals surface area contributed by atoms with Crippen LogP contribution in [0.15, 0.2) is 119 Å². The highest BCUT2D eigenvalue weighted by Crippen LogP contribution is 2.39. The third-order valence-corrected chi connectivity index (χ3v) is 8.86. The molecule has 0 aliphatic rings. The van der Waals surface area contributed by atoms with Crippen molar-refractivity contribution >= 4 is 44.9 Å². The molecule has 1 atom stereocenters. The van der Waals surface area contributed by atoms with Crippen LogP contribution in [0.4, 0.5) is 0 Å². The van der Waals surface area contributed by atoms with E-state index in [0.717, 1.165) is 32.9 Å². The predicted molar refractivity (Wildman–Crippen MR) is 130 cm³/mol. The Balaban J connectivity index is 1.79. The predicted octanol–water partition coefficient (Wildman–Crippen LogP) is 5.10. The smallest absolute Gasteiger partial charge is 0.295 e. The van der Waals surface area contributed by atoms with Crippen molar-refractivity contribution in [3.63, 3.8) is 0 Å². The first-order valence-electron chi connectivity index (χ1n) is 10.0. The molecule has 0 amide bonds. The van der Waals surface area contributed by atoms with E-state index in [2.05, 4.69) is 0 Å². The highest BCUT2D eigenvalue weighted by atomic mass is 32.2. The quantitative estimate of drug-likeness (QED) is 0.294. The van der Waals surface area contributed by atoms with Crippen LogP contribution < -0.4 is 15.9 Å². The highest BCUT2D eigenvalue weighted by Gasteiger charge is 2.27. The normalized spacial score (nSPS) is 12.7. The van der Waals surface area contributed by atoms with E-state index in [9.17, 15) is 13.0 Å². The van der Waals surface area contributed by atoms with Gasteiger partial charge in [0.25, 0.3) is 10.1 Å². The molecule has 0 fully saturated rings. The minimum atomic E-state index is -4.40. The summed E-state index contributed by atoms with van der Waals surface area (Å²) in [7, 11) is -5.70. The third-order valence-electron chi connectivity index (χ3n) is 5.23. The van der Waals surface area contributed by atoms with Crippen molar-refractivity contribution < 1.29 is 17.4 Å². The van der Waals surface area contributed by atoms with Crippen LogP contribution in [-0.2, 0) is 10.1 Å². The second-order valence-electron chi connectivity index (χ2n) is 7.28. The van der Waals surface area contributed by atoms with E-state index >= 15 is 0 Å². The molecule has 0 saturated heterocycles. The van der Waals surface area contributed by atoms with Gasteiger partial charge in [-0.15, -0.1) is 0 Å². The zero-order valence-electron chi connectivity index (χ0n) is 16.9. The van der Waals surface area contributed by atoms with Crippen LogP contribution in [-0.4, -0.2) is 13.0 Å². The Bertz CT molecular complexity index is 1470. The van der Waals surface area contributed by atoms with E-state index in [-0.39, 0.29) is 4.90 Å². The van der Waals surface area contributed by atoms with Crippen LogP contribution in [0, 0.1) is 0 Å². The van der Waals surface area contributed by atoms with E-state index in [1.807, 2.05) is 84.9 Å². The van der Waals surface area contributed by atoms with Crippen molar-refractivity contribution in [2.24, 2.45) is 0 Å². The van der Waals surface area contributed by atoms with Gasteiger partial charge in [-0.25, -0.2) is 0 Å². The van der Waals surface area contributed by atoms with Crippen LogP contribution in [0.1, 0.15) is 0 Å². The Labute approximate surface area is 187 Å². The SMILES string of the molecule is O=S(=O)(O)c1ccccc1P(c1ccccc1)c1ccccc1-c1cc2ccccc2o1. The first-order valence-corrected chi connectivity index (χ1v) is 12.8. The summed E-state index contributed by atoms with van der Waals surface area (Å²) in [6, 6.07) is 34.1. The second kappa shape index (κ2) is 8.36. The summed E-state index contributed by atoms with van der Waals surface area (Å²) in [5.74, 6) is 0.717. The lowest BCUT2D eigenvalue weighted by molar-refractivity contribution is 0.484. The topological polar surface area (TPSA) is 67.5 Å². The maximum Gasteiger partial charge on any atom is 0.295 e. The number of rotatable bonds is 5. The zero-order valence-corrected chi connectivity index (χ0v) is 18.6. The minimum Gasteiger partial charge on any atom is -0.456 e. The standard InChI is InChI=1S/C26H19O4PS/c27-32(28,29)26-17-9-8-16-25(26)31(20-11-2-1-3-12-20)24-15-7-5-13-21(24)23-18-19-10-4-6-14-22(19)30-23/h1-18H,(H,27,28,29). The monoisotopic (exact) mass is 458 g/mol. The Morgan fingerprint density at radius 1 is 0.688 bits per heavy atom. The molecule has 1 heterocycles. The lowest BCUT2D eigenvalue weighted by atomic mass is 10.1. The molecule has 0 aliphatic heterocycles. The number of furan rings is 1. The second-order valence-corrected chi connectivity index (χ2v) is 10.8. The molecule has 0 spiro atoms. The first-order chi connectivity index (χ1) is 15.5. The molecule has 1 aromatic heterocycles. The van der Waals surface area contributed by atoms with Gasteiger partial charge in [-0.05, 0) is 36.7 Å². The van der Waals surface area contributed by atoms with Crippen molar-refractivity contribution in [2.75, 3.05) is 0 Å². The zero-order chi connectivity index (χ0) is 22.1. The van der Waals surface area contributed by atoms with Crippen LogP contribution in [0.2, 0.25) is 0 Å². The van der Waals surface area contributed by atoms with Crippen LogP contribution in [0.25, 0.3) is 22.3 Å². The number of hydrogen-bond acceptors (Lipinski definition) is 3. The Hall–Kier alpha value is -3.24. The largest absolute Gasteiger partial charge is 0.456 e. The summed E-state index contributed by atoms with van der Waals surface area (Å²) in [6.07, 6.45) is 0. The molecule has 1 unspecified atom stereocenters. The highest BCUT2D eigenvalue weighted by molar-refractivity contribution is 7.88. The average molecular weight is 458 g/mol. The number of benzene rings is 4. The van der Waals surface area contributed by atoms with Crippen LogP contribution in [0.5, 0.6) is 0 Å². The molecule has 5 aromatic rings.